The van der Waals surface area contributed by atoms with Crippen molar-refractivity contribution in [1.82, 2.24) is 19.1 Å². The van der Waals surface area contributed by atoms with E-state index >= 15 is 0 Å². The van der Waals surface area contributed by atoms with E-state index in [9.17, 15) is 5.26 Å². The van der Waals surface area contributed by atoms with E-state index in [0.29, 0.717) is 11.6 Å². The van der Waals surface area contributed by atoms with E-state index in [-0.39, 0.29) is 0 Å². The SMILES string of the molecule is N#Cc1nc(-n2c3ccc(-c4ccc5c(c4)c4c6ccccc6ccc4n5-c4ccccc4)cc3c3c4ccccc4ccc32)nc2ccccc12. The first-order chi connectivity index (χ1) is 25.7. The number of nitriles is 1. The Hall–Kier alpha value is -7.29. The van der Waals surface area contributed by atoms with E-state index < -0.39 is 0 Å². The molecule has 0 fully saturated rings. The number of para-hydroxylation sites is 2. The third kappa shape index (κ3) is 4.03. The van der Waals surface area contributed by atoms with Gasteiger partial charge in [-0.05, 0) is 93.3 Å². The maximum atomic E-state index is 10.1. The lowest BCUT2D eigenvalue weighted by molar-refractivity contribution is 1.00. The molecule has 0 unspecified atom stereocenters. The number of hydrogen-bond acceptors (Lipinski definition) is 3. The van der Waals surface area contributed by atoms with Crippen LogP contribution in [0.4, 0.5) is 0 Å². The van der Waals surface area contributed by atoms with Gasteiger partial charge in [-0.25, -0.2) is 9.97 Å². The average Bonchev–Trinajstić information content (AvgIpc) is 3.73. The minimum Gasteiger partial charge on any atom is -0.309 e. The number of benzene rings is 8. The molecule has 5 heteroatoms. The molecule has 0 saturated heterocycles. The minimum absolute atomic E-state index is 0.364. The fraction of sp³-hybridized carbons (Fsp3) is 0. The molecule has 0 atom stereocenters. The molecule has 0 bridgehead atoms. The predicted octanol–water partition coefficient (Wildman–Crippen LogP) is 11.7. The Bertz CT molecular complexity index is 3310. The van der Waals surface area contributed by atoms with Gasteiger partial charge in [-0.3, -0.25) is 4.57 Å². The van der Waals surface area contributed by atoms with Crippen LogP contribution in [-0.2, 0) is 0 Å². The second kappa shape index (κ2) is 10.9. The van der Waals surface area contributed by atoms with Gasteiger partial charge < -0.3 is 4.57 Å². The smallest absolute Gasteiger partial charge is 0.236 e. The van der Waals surface area contributed by atoms with Crippen LogP contribution in [0, 0.1) is 11.3 Å². The van der Waals surface area contributed by atoms with E-state index in [2.05, 4.69) is 155 Å². The first-order valence-electron chi connectivity index (χ1n) is 17.4. The maximum absolute atomic E-state index is 10.1. The van der Waals surface area contributed by atoms with Crippen molar-refractivity contribution in [2.24, 2.45) is 0 Å². The highest BCUT2D eigenvalue weighted by molar-refractivity contribution is 6.23. The molecule has 240 valence electrons. The number of fused-ring (bicyclic) bond motifs is 11. The van der Waals surface area contributed by atoms with Gasteiger partial charge in [0.25, 0.3) is 0 Å². The van der Waals surface area contributed by atoms with Gasteiger partial charge in [0, 0.05) is 32.6 Å². The van der Waals surface area contributed by atoms with Crippen LogP contribution in [-0.4, -0.2) is 19.1 Å². The van der Waals surface area contributed by atoms with Gasteiger partial charge in [-0.2, -0.15) is 5.26 Å². The summed E-state index contributed by atoms with van der Waals surface area (Å²) in [6.07, 6.45) is 0. The van der Waals surface area contributed by atoms with Crippen molar-refractivity contribution in [2.75, 3.05) is 0 Å². The molecule has 52 heavy (non-hydrogen) atoms. The molecule has 3 heterocycles. The quantitative estimate of drug-likeness (QED) is 0.189. The highest BCUT2D eigenvalue weighted by Gasteiger charge is 2.20. The van der Waals surface area contributed by atoms with Gasteiger partial charge in [0.1, 0.15) is 6.07 Å². The molecule has 0 aliphatic rings. The third-order valence-corrected chi connectivity index (χ3v) is 10.6. The molecular formula is C47H27N5. The Kier molecular flexibility index (Phi) is 5.96. The Balaban J connectivity index is 1.20. The van der Waals surface area contributed by atoms with Crippen LogP contribution in [0.15, 0.2) is 164 Å². The second-order valence-corrected chi connectivity index (χ2v) is 13.3. The summed E-state index contributed by atoms with van der Waals surface area (Å²) in [5, 5.41) is 20.4. The van der Waals surface area contributed by atoms with Crippen LogP contribution < -0.4 is 0 Å². The summed E-state index contributed by atoms with van der Waals surface area (Å²) in [7, 11) is 0. The molecular weight excluding hydrogens is 635 g/mol. The zero-order valence-electron chi connectivity index (χ0n) is 27.8. The fourth-order valence-corrected chi connectivity index (χ4v) is 8.26. The monoisotopic (exact) mass is 661 g/mol. The first-order valence-corrected chi connectivity index (χ1v) is 17.4. The van der Waals surface area contributed by atoms with Crippen LogP contribution in [0.25, 0.3) is 98.8 Å². The Labute approximate surface area is 297 Å². The summed E-state index contributed by atoms with van der Waals surface area (Å²) in [5.41, 5.74) is 8.86. The molecule has 0 radical (unpaired) electrons. The summed E-state index contributed by atoms with van der Waals surface area (Å²) in [6.45, 7) is 0. The molecule has 3 aromatic heterocycles. The van der Waals surface area contributed by atoms with E-state index in [1.807, 2.05) is 24.3 Å². The lowest BCUT2D eigenvalue weighted by Crippen LogP contribution is -2.03. The zero-order valence-corrected chi connectivity index (χ0v) is 27.8. The fourth-order valence-electron chi connectivity index (χ4n) is 8.26. The van der Waals surface area contributed by atoms with Crippen LogP contribution in [0.5, 0.6) is 0 Å². The van der Waals surface area contributed by atoms with Crippen molar-refractivity contribution >= 4 is 76.1 Å². The van der Waals surface area contributed by atoms with Crippen molar-refractivity contribution in [2.45, 2.75) is 0 Å². The maximum Gasteiger partial charge on any atom is 0.236 e. The molecule has 0 aliphatic carbocycles. The largest absolute Gasteiger partial charge is 0.309 e. The molecule has 0 amide bonds. The van der Waals surface area contributed by atoms with E-state index in [0.717, 1.165) is 54.9 Å². The van der Waals surface area contributed by atoms with Crippen LogP contribution in [0.1, 0.15) is 5.69 Å². The van der Waals surface area contributed by atoms with E-state index in [4.69, 9.17) is 9.97 Å². The highest BCUT2D eigenvalue weighted by Crippen LogP contribution is 2.41. The van der Waals surface area contributed by atoms with Gasteiger partial charge >= 0.3 is 0 Å². The molecule has 8 aromatic carbocycles. The lowest BCUT2D eigenvalue weighted by atomic mass is 9.98. The summed E-state index contributed by atoms with van der Waals surface area (Å²) < 4.78 is 4.49. The van der Waals surface area contributed by atoms with Gasteiger partial charge in [0.05, 0.1) is 27.6 Å². The van der Waals surface area contributed by atoms with Crippen molar-refractivity contribution in [3.63, 3.8) is 0 Å². The van der Waals surface area contributed by atoms with Crippen molar-refractivity contribution < 1.29 is 0 Å². The lowest BCUT2D eigenvalue weighted by Gasteiger charge is -2.09. The van der Waals surface area contributed by atoms with Crippen LogP contribution >= 0.6 is 0 Å². The third-order valence-electron chi connectivity index (χ3n) is 10.6. The van der Waals surface area contributed by atoms with Crippen molar-refractivity contribution in [3.05, 3.63) is 169 Å². The van der Waals surface area contributed by atoms with Gasteiger partial charge in [-0.15, -0.1) is 0 Å². The Morgan fingerprint density at radius 2 is 0.942 bits per heavy atom. The molecule has 0 N–H and O–H groups in total. The molecule has 0 saturated carbocycles. The van der Waals surface area contributed by atoms with Crippen LogP contribution in [0.3, 0.4) is 0 Å². The number of hydrogen-bond donors (Lipinski definition) is 0. The average molecular weight is 662 g/mol. The summed E-state index contributed by atoms with van der Waals surface area (Å²) in [6, 6.07) is 60.1. The van der Waals surface area contributed by atoms with E-state index in [1.54, 1.807) is 0 Å². The standard InChI is InChI=1S/C47H27N5/c48-28-40-36-16-8-9-17-39(36)49-47(50-40)52-42-23-21-32(27-38(42)46-35-15-7-5-11-30(35)19-25-44(46)52)31-20-22-41-37(26-31)45-34-14-6-4-10-29(34)18-24-43(45)51(41)33-12-2-1-3-13-33/h1-27H. The molecule has 5 nitrogen and oxygen atoms in total. The van der Waals surface area contributed by atoms with Gasteiger partial charge in [-0.1, -0.05) is 103 Å². The van der Waals surface area contributed by atoms with Gasteiger partial charge in [0.2, 0.25) is 5.95 Å². The summed E-state index contributed by atoms with van der Waals surface area (Å²) in [5.74, 6) is 0.486. The van der Waals surface area contributed by atoms with Crippen molar-refractivity contribution in [1.29, 1.82) is 5.26 Å². The van der Waals surface area contributed by atoms with E-state index in [1.165, 1.54) is 38.0 Å². The van der Waals surface area contributed by atoms with Gasteiger partial charge in [0.15, 0.2) is 5.69 Å². The van der Waals surface area contributed by atoms with Crippen molar-refractivity contribution in [3.8, 4) is 28.8 Å². The number of nitrogens with zero attached hydrogens (tertiary/aromatic N) is 5. The predicted molar refractivity (Wildman–Crippen MR) is 213 cm³/mol. The summed E-state index contributed by atoms with van der Waals surface area (Å²) >= 11 is 0. The Morgan fingerprint density at radius 1 is 0.423 bits per heavy atom. The summed E-state index contributed by atoms with van der Waals surface area (Å²) in [4.78, 5) is 9.83. The first kappa shape index (κ1) is 28.5. The van der Waals surface area contributed by atoms with Crippen LogP contribution in [0.2, 0.25) is 0 Å². The molecule has 11 aromatic rings. The topological polar surface area (TPSA) is 59.4 Å². The minimum atomic E-state index is 0.364. The zero-order chi connectivity index (χ0) is 34.3. The number of aromatic nitrogens is 4. The Morgan fingerprint density at radius 3 is 1.58 bits per heavy atom. The normalized spacial score (nSPS) is 11.8. The molecule has 11 rings (SSSR count). The molecule has 0 spiro atoms. The second-order valence-electron chi connectivity index (χ2n) is 13.3. The highest BCUT2D eigenvalue weighted by atomic mass is 15.2. The number of rotatable bonds is 3. The molecule has 0 aliphatic heterocycles.